The standard InChI is InChI=1S/C11H15ClN4O2/c1-18-9-5-8(12)14-11(15-9)16-10(17)7-3-2-4-13-6-7/h5,7,13H,2-4,6H2,1H3,(H,14,15,16,17). The van der Waals surface area contributed by atoms with Crippen molar-refractivity contribution in [2.24, 2.45) is 5.92 Å². The van der Waals surface area contributed by atoms with Gasteiger partial charge in [0, 0.05) is 12.6 Å². The largest absolute Gasteiger partial charge is 0.481 e. The van der Waals surface area contributed by atoms with Crippen LogP contribution in [-0.4, -0.2) is 36.1 Å². The summed E-state index contributed by atoms with van der Waals surface area (Å²) in [5.74, 6) is 0.362. The molecule has 0 aliphatic carbocycles. The van der Waals surface area contributed by atoms with Crippen LogP contribution in [0.15, 0.2) is 6.07 Å². The molecule has 1 aliphatic heterocycles. The van der Waals surface area contributed by atoms with Gasteiger partial charge in [-0.3, -0.25) is 10.1 Å². The first-order valence-corrected chi connectivity index (χ1v) is 6.17. The van der Waals surface area contributed by atoms with E-state index >= 15 is 0 Å². The number of anilines is 1. The van der Waals surface area contributed by atoms with Gasteiger partial charge in [0.25, 0.3) is 0 Å². The molecule has 1 amide bonds. The fourth-order valence-electron chi connectivity index (χ4n) is 1.85. The van der Waals surface area contributed by atoms with Crippen molar-refractivity contribution in [2.75, 3.05) is 25.5 Å². The maximum atomic E-state index is 12.0. The third kappa shape index (κ3) is 3.30. The average molecular weight is 271 g/mol. The fraction of sp³-hybridized carbons (Fsp3) is 0.545. The number of hydrogen-bond donors (Lipinski definition) is 2. The summed E-state index contributed by atoms with van der Waals surface area (Å²) in [6.45, 7) is 1.65. The highest BCUT2D eigenvalue weighted by atomic mass is 35.5. The zero-order valence-electron chi connectivity index (χ0n) is 10.1. The van der Waals surface area contributed by atoms with Crippen molar-refractivity contribution in [3.05, 3.63) is 11.2 Å². The topological polar surface area (TPSA) is 76.1 Å². The van der Waals surface area contributed by atoms with Gasteiger partial charge in [0.2, 0.25) is 17.7 Å². The summed E-state index contributed by atoms with van der Waals surface area (Å²) in [4.78, 5) is 19.9. The molecule has 1 aliphatic rings. The number of carbonyl (C=O) groups is 1. The fourth-order valence-corrected chi connectivity index (χ4v) is 2.02. The molecule has 98 valence electrons. The van der Waals surface area contributed by atoms with E-state index in [1.165, 1.54) is 13.2 Å². The molecule has 1 unspecified atom stereocenters. The Labute approximate surface area is 110 Å². The second kappa shape index (κ2) is 5.97. The zero-order valence-corrected chi connectivity index (χ0v) is 10.8. The van der Waals surface area contributed by atoms with E-state index in [1.807, 2.05) is 0 Å². The van der Waals surface area contributed by atoms with E-state index < -0.39 is 0 Å². The lowest BCUT2D eigenvalue weighted by Crippen LogP contribution is -2.37. The Morgan fingerprint density at radius 2 is 2.44 bits per heavy atom. The molecule has 0 spiro atoms. The van der Waals surface area contributed by atoms with E-state index in [4.69, 9.17) is 16.3 Å². The number of amides is 1. The molecule has 1 fully saturated rings. The normalized spacial score (nSPS) is 19.3. The van der Waals surface area contributed by atoms with Crippen molar-refractivity contribution >= 4 is 23.5 Å². The number of piperidine rings is 1. The molecule has 1 aromatic heterocycles. The number of ether oxygens (including phenoxy) is 1. The summed E-state index contributed by atoms with van der Waals surface area (Å²) in [6, 6.07) is 1.49. The first-order chi connectivity index (χ1) is 8.69. The van der Waals surface area contributed by atoms with E-state index in [9.17, 15) is 4.79 Å². The van der Waals surface area contributed by atoms with Gasteiger partial charge < -0.3 is 10.1 Å². The van der Waals surface area contributed by atoms with Crippen LogP contribution in [0.25, 0.3) is 0 Å². The molecule has 2 rings (SSSR count). The van der Waals surface area contributed by atoms with Gasteiger partial charge in [0.15, 0.2) is 0 Å². The van der Waals surface area contributed by atoms with Gasteiger partial charge in [0.05, 0.1) is 13.0 Å². The molecule has 1 saturated heterocycles. The van der Waals surface area contributed by atoms with Crippen LogP contribution in [0.2, 0.25) is 5.15 Å². The molecule has 6 nitrogen and oxygen atoms in total. The number of aromatic nitrogens is 2. The molecular weight excluding hydrogens is 256 g/mol. The monoisotopic (exact) mass is 270 g/mol. The van der Waals surface area contributed by atoms with Crippen LogP contribution in [0.4, 0.5) is 5.95 Å². The average Bonchev–Trinajstić information content (AvgIpc) is 2.39. The van der Waals surface area contributed by atoms with Crippen molar-refractivity contribution in [3.8, 4) is 5.88 Å². The number of rotatable bonds is 3. The number of carbonyl (C=O) groups excluding carboxylic acids is 1. The lowest BCUT2D eigenvalue weighted by molar-refractivity contribution is -0.120. The summed E-state index contributed by atoms with van der Waals surface area (Å²) in [6.07, 6.45) is 1.87. The number of hydrogen-bond acceptors (Lipinski definition) is 5. The Bertz CT molecular complexity index is 435. The molecule has 0 radical (unpaired) electrons. The van der Waals surface area contributed by atoms with Crippen LogP contribution in [0.1, 0.15) is 12.8 Å². The predicted octanol–water partition coefficient (Wildman–Crippen LogP) is 1.08. The summed E-state index contributed by atoms with van der Waals surface area (Å²) in [5.41, 5.74) is 0. The predicted molar refractivity (Wildman–Crippen MR) is 67.8 cm³/mol. The third-order valence-corrected chi connectivity index (χ3v) is 2.98. The van der Waals surface area contributed by atoms with E-state index in [2.05, 4.69) is 20.6 Å². The summed E-state index contributed by atoms with van der Waals surface area (Å²) in [7, 11) is 1.48. The van der Waals surface area contributed by atoms with Gasteiger partial charge in [-0.1, -0.05) is 11.6 Å². The molecule has 1 atom stereocenters. The van der Waals surface area contributed by atoms with Crippen LogP contribution in [0.3, 0.4) is 0 Å². The molecular formula is C11H15ClN4O2. The molecule has 1 aromatic rings. The van der Waals surface area contributed by atoms with Gasteiger partial charge in [0.1, 0.15) is 5.15 Å². The number of nitrogens with zero attached hydrogens (tertiary/aromatic N) is 2. The number of nitrogens with one attached hydrogen (secondary N) is 2. The van der Waals surface area contributed by atoms with Crippen molar-refractivity contribution in [1.82, 2.24) is 15.3 Å². The molecule has 0 bridgehead atoms. The second-order valence-corrected chi connectivity index (χ2v) is 4.48. The van der Waals surface area contributed by atoms with Crippen LogP contribution in [0, 0.1) is 5.92 Å². The Morgan fingerprint density at radius 3 is 3.11 bits per heavy atom. The maximum absolute atomic E-state index is 12.0. The number of halogens is 1. The molecule has 2 N–H and O–H groups in total. The van der Waals surface area contributed by atoms with Gasteiger partial charge in [-0.2, -0.15) is 4.98 Å². The van der Waals surface area contributed by atoms with Crippen LogP contribution in [-0.2, 0) is 4.79 Å². The van der Waals surface area contributed by atoms with E-state index in [0.29, 0.717) is 12.4 Å². The third-order valence-electron chi connectivity index (χ3n) is 2.78. The first-order valence-electron chi connectivity index (χ1n) is 5.79. The minimum absolute atomic E-state index is 0.0488. The highest BCUT2D eigenvalue weighted by Crippen LogP contribution is 2.17. The highest BCUT2D eigenvalue weighted by Gasteiger charge is 2.21. The quantitative estimate of drug-likeness (QED) is 0.804. The second-order valence-electron chi connectivity index (χ2n) is 4.09. The molecule has 18 heavy (non-hydrogen) atoms. The Hall–Kier alpha value is -1.40. The first kappa shape index (κ1) is 13.0. The summed E-state index contributed by atoms with van der Waals surface area (Å²) < 4.78 is 4.96. The number of methoxy groups -OCH3 is 1. The van der Waals surface area contributed by atoms with Crippen LogP contribution in [0.5, 0.6) is 5.88 Å². The Kier molecular flexibility index (Phi) is 4.33. The smallest absolute Gasteiger partial charge is 0.234 e. The summed E-state index contributed by atoms with van der Waals surface area (Å²) >= 11 is 5.80. The van der Waals surface area contributed by atoms with Gasteiger partial charge >= 0.3 is 0 Å². The maximum Gasteiger partial charge on any atom is 0.234 e. The Morgan fingerprint density at radius 1 is 1.61 bits per heavy atom. The van der Waals surface area contributed by atoms with Gasteiger partial charge in [-0.25, -0.2) is 4.98 Å². The molecule has 0 aromatic carbocycles. The Balaban J connectivity index is 2.03. The highest BCUT2D eigenvalue weighted by molar-refractivity contribution is 6.29. The van der Waals surface area contributed by atoms with E-state index in [-0.39, 0.29) is 22.9 Å². The van der Waals surface area contributed by atoms with Crippen LogP contribution < -0.4 is 15.4 Å². The molecule has 7 heteroatoms. The molecule has 2 heterocycles. The van der Waals surface area contributed by atoms with Crippen molar-refractivity contribution < 1.29 is 9.53 Å². The van der Waals surface area contributed by atoms with Crippen molar-refractivity contribution in [1.29, 1.82) is 0 Å². The minimum Gasteiger partial charge on any atom is -0.481 e. The van der Waals surface area contributed by atoms with Crippen molar-refractivity contribution in [2.45, 2.75) is 12.8 Å². The lowest BCUT2D eigenvalue weighted by atomic mass is 9.99. The minimum atomic E-state index is -0.0912. The van der Waals surface area contributed by atoms with Gasteiger partial charge in [-0.05, 0) is 19.4 Å². The van der Waals surface area contributed by atoms with Crippen molar-refractivity contribution in [3.63, 3.8) is 0 Å². The zero-order chi connectivity index (χ0) is 13.0. The van der Waals surface area contributed by atoms with E-state index in [0.717, 1.165) is 19.4 Å². The SMILES string of the molecule is COc1cc(Cl)nc(NC(=O)C2CCCNC2)n1. The lowest BCUT2D eigenvalue weighted by Gasteiger charge is -2.21. The molecule has 0 saturated carbocycles. The van der Waals surface area contributed by atoms with Gasteiger partial charge in [-0.15, -0.1) is 0 Å². The van der Waals surface area contributed by atoms with Crippen LogP contribution >= 0.6 is 11.6 Å². The summed E-state index contributed by atoms with van der Waals surface area (Å²) in [5, 5.41) is 6.08. The van der Waals surface area contributed by atoms with E-state index in [1.54, 1.807) is 0 Å².